The molecule has 2 aromatic rings. The van der Waals surface area contributed by atoms with Crippen molar-refractivity contribution in [2.45, 2.75) is 39.7 Å². The molecule has 0 aliphatic carbocycles. The summed E-state index contributed by atoms with van der Waals surface area (Å²) < 4.78 is 5.23. The van der Waals surface area contributed by atoms with Crippen LogP contribution in [0.3, 0.4) is 0 Å². The number of aliphatic imine (C=N–C) groups is 1. The lowest BCUT2D eigenvalue weighted by Crippen LogP contribution is -2.42. The molecule has 2 rings (SSSR count). The Balaban J connectivity index is 0.00000288. The lowest BCUT2D eigenvalue weighted by atomic mass is 10.3. The molecular formula is C16H25IN6O. The first kappa shape index (κ1) is 20.3. The smallest absolute Gasteiger partial charge is 0.276 e. The van der Waals surface area contributed by atoms with E-state index >= 15 is 0 Å². The van der Waals surface area contributed by atoms with Gasteiger partial charge in [-0.2, -0.15) is 4.98 Å². The van der Waals surface area contributed by atoms with Gasteiger partial charge >= 0.3 is 0 Å². The summed E-state index contributed by atoms with van der Waals surface area (Å²) in [5.41, 5.74) is 0.682. The molecule has 1 atom stereocenters. The third kappa shape index (κ3) is 6.42. The molecule has 8 heteroatoms. The molecule has 1 unspecified atom stereocenters. The van der Waals surface area contributed by atoms with Crippen LogP contribution < -0.4 is 10.6 Å². The molecule has 2 aromatic heterocycles. The van der Waals surface area contributed by atoms with Crippen LogP contribution in [0.25, 0.3) is 11.6 Å². The molecule has 7 nitrogen and oxygen atoms in total. The van der Waals surface area contributed by atoms with Crippen LogP contribution in [0.2, 0.25) is 0 Å². The molecule has 0 saturated carbocycles. The van der Waals surface area contributed by atoms with E-state index in [-0.39, 0.29) is 24.0 Å². The number of pyridine rings is 1. The van der Waals surface area contributed by atoms with Gasteiger partial charge in [0.1, 0.15) is 5.69 Å². The average molecular weight is 444 g/mol. The minimum absolute atomic E-state index is 0. The third-order valence-corrected chi connectivity index (χ3v) is 3.30. The SMILES string of the molecule is CCNC(=NCCc1noc(-c2ccccn2)n1)NC(C)CC.I. The van der Waals surface area contributed by atoms with Crippen molar-refractivity contribution < 1.29 is 4.52 Å². The van der Waals surface area contributed by atoms with Crippen LogP contribution in [0.15, 0.2) is 33.9 Å². The largest absolute Gasteiger partial charge is 0.357 e. The summed E-state index contributed by atoms with van der Waals surface area (Å²) in [6.45, 7) is 7.73. The van der Waals surface area contributed by atoms with E-state index in [1.54, 1.807) is 6.20 Å². The zero-order valence-electron chi connectivity index (χ0n) is 14.3. The molecular weight excluding hydrogens is 419 g/mol. The predicted octanol–water partition coefficient (Wildman–Crippen LogP) is 2.65. The fraction of sp³-hybridized carbons (Fsp3) is 0.500. The first-order valence-electron chi connectivity index (χ1n) is 8.01. The van der Waals surface area contributed by atoms with Crippen molar-refractivity contribution in [2.24, 2.45) is 4.99 Å². The number of nitrogens with zero attached hydrogens (tertiary/aromatic N) is 4. The zero-order valence-corrected chi connectivity index (χ0v) is 16.7. The summed E-state index contributed by atoms with van der Waals surface area (Å²) in [5.74, 6) is 1.89. The summed E-state index contributed by atoms with van der Waals surface area (Å²) in [6, 6.07) is 5.96. The highest BCUT2D eigenvalue weighted by atomic mass is 127. The topological polar surface area (TPSA) is 88.2 Å². The fourth-order valence-electron chi connectivity index (χ4n) is 1.87. The van der Waals surface area contributed by atoms with E-state index in [9.17, 15) is 0 Å². The van der Waals surface area contributed by atoms with Crippen molar-refractivity contribution in [1.82, 2.24) is 25.8 Å². The summed E-state index contributed by atoms with van der Waals surface area (Å²) in [4.78, 5) is 13.1. The Hall–Kier alpha value is -1.71. The van der Waals surface area contributed by atoms with Crippen molar-refractivity contribution >= 4 is 29.9 Å². The summed E-state index contributed by atoms with van der Waals surface area (Å²) >= 11 is 0. The maximum Gasteiger partial charge on any atom is 0.276 e. The van der Waals surface area contributed by atoms with Crippen molar-refractivity contribution in [3.8, 4) is 11.6 Å². The molecule has 0 spiro atoms. The molecule has 0 saturated heterocycles. The van der Waals surface area contributed by atoms with Gasteiger partial charge in [0, 0.05) is 31.7 Å². The number of hydrogen-bond donors (Lipinski definition) is 2. The van der Waals surface area contributed by atoms with Crippen molar-refractivity contribution in [2.75, 3.05) is 13.1 Å². The van der Waals surface area contributed by atoms with Gasteiger partial charge < -0.3 is 15.2 Å². The first-order valence-corrected chi connectivity index (χ1v) is 8.01. The summed E-state index contributed by atoms with van der Waals surface area (Å²) in [6.07, 6.45) is 3.36. The number of guanidine groups is 1. The van der Waals surface area contributed by atoms with Crippen LogP contribution in [0, 0.1) is 0 Å². The molecule has 0 aliphatic heterocycles. The monoisotopic (exact) mass is 444 g/mol. The second kappa shape index (κ2) is 11.0. The first-order chi connectivity index (χ1) is 11.2. The van der Waals surface area contributed by atoms with Gasteiger partial charge in [-0.1, -0.05) is 18.1 Å². The molecule has 0 aliphatic rings. The Kier molecular flexibility index (Phi) is 9.28. The van der Waals surface area contributed by atoms with Gasteiger partial charge in [0.25, 0.3) is 5.89 Å². The lowest BCUT2D eigenvalue weighted by Gasteiger charge is -2.15. The predicted molar refractivity (Wildman–Crippen MR) is 106 cm³/mol. The Morgan fingerprint density at radius 3 is 2.83 bits per heavy atom. The molecule has 24 heavy (non-hydrogen) atoms. The third-order valence-electron chi connectivity index (χ3n) is 3.30. The standard InChI is InChI=1S/C16H24N6O.HI/c1-4-12(3)20-16(17-5-2)19-11-9-14-21-15(23-22-14)13-8-6-7-10-18-13;/h6-8,10,12H,4-5,9,11H2,1-3H3,(H2,17,19,20);1H. The molecule has 0 amide bonds. The Morgan fingerprint density at radius 1 is 1.33 bits per heavy atom. The average Bonchev–Trinajstić information content (AvgIpc) is 3.04. The molecule has 0 bridgehead atoms. The minimum Gasteiger partial charge on any atom is -0.357 e. The van der Waals surface area contributed by atoms with Crippen LogP contribution in [0.1, 0.15) is 33.0 Å². The van der Waals surface area contributed by atoms with Crippen molar-refractivity contribution in [1.29, 1.82) is 0 Å². The molecule has 2 heterocycles. The number of aromatic nitrogens is 3. The van der Waals surface area contributed by atoms with Crippen molar-refractivity contribution in [3.63, 3.8) is 0 Å². The van der Waals surface area contributed by atoms with E-state index < -0.39 is 0 Å². The summed E-state index contributed by atoms with van der Waals surface area (Å²) in [7, 11) is 0. The van der Waals surface area contributed by atoms with Gasteiger partial charge in [0.05, 0.1) is 0 Å². The highest BCUT2D eigenvalue weighted by molar-refractivity contribution is 14.0. The van der Waals surface area contributed by atoms with E-state index in [2.05, 4.69) is 44.6 Å². The Morgan fingerprint density at radius 2 is 2.17 bits per heavy atom. The van der Waals surface area contributed by atoms with Gasteiger partial charge in [0.2, 0.25) is 0 Å². The Labute approximate surface area is 159 Å². The lowest BCUT2D eigenvalue weighted by molar-refractivity contribution is 0.421. The van der Waals surface area contributed by atoms with E-state index in [0.717, 1.165) is 18.9 Å². The van der Waals surface area contributed by atoms with Gasteiger partial charge in [-0.25, -0.2) is 0 Å². The fourth-order valence-corrected chi connectivity index (χ4v) is 1.87. The van der Waals surface area contributed by atoms with Gasteiger partial charge in [-0.3, -0.25) is 9.98 Å². The zero-order chi connectivity index (χ0) is 16.5. The quantitative estimate of drug-likeness (QED) is 0.388. The van der Waals surface area contributed by atoms with E-state index in [1.165, 1.54) is 0 Å². The van der Waals surface area contributed by atoms with Gasteiger partial charge in [0.15, 0.2) is 11.8 Å². The number of rotatable bonds is 7. The van der Waals surface area contributed by atoms with E-state index in [4.69, 9.17) is 4.52 Å². The van der Waals surface area contributed by atoms with Crippen LogP contribution in [0.5, 0.6) is 0 Å². The van der Waals surface area contributed by atoms with Crippen LogP contribution in [-0.2, 0) is 6.42 Å². The molecule has 0 aromatic carbocycles. The maximum atomic E-state index is 5.23. The maximum absolute atomic E-state index is 5.23. The van der Waals surface area contributed by atoms with Crippen LogP contribution in [0.4, 0.5) is 0 Å². The second-order valence-corrected chi connectivity index (χ2v) is 5.20. The van der Waals surface area contributed by atoms with Crippen LogP contribution in [-0.4, -0.2) is 40.2 Å². The molecule has 2 N–H and O–H groups in total. The number of hydrogen-bond acceptors (Lipinski definition) is 5. The van der Waals surface area contributed by atoms with Gasteiger partial charge in [-0.15, -0.1) is 24.0 Å². The van der Waals surface area contributed by atoms with E-state index in [0.29, 0.717) is 36.4 Å². The number of nitrogens with one attached hydrogen (secondary N) is 2. The molecule has 0 radical (unpaired) electrons. The van der Waals surface area contributed by atoms with E-state index in [1.807, 2.05) is 25.1 Å². The minimum atomic E-state index is 0. The number of halogens is 1. The highest BCUT2D eigenvalue weighted by Crippen LogP contribution is 2.13. The van der Waals surface area contributed by atoms with Crippen LogP contribution >= 0.6 is 24.0 Å². The summed E-state index contributed by atoms with van der Waals surface area (Å²) in [5, 5.41) is 10.6. The normalized spacial score (nSPS) is 12.4. The van der Waals surface area contributed by atoms with Gasteiger partial charge in [-0.05, 0) is 32.4 Å². The highest BCUT2D eigenvalue weighted by Gasteiger charge is 2.09. The molecule has 132 valence electrons. The second-order valence-electron chi connectivity index (χ2n) is 5.20. The van der Waals surface area contributed by atoms with Crippen molar-refractivity contribution in [3.05, 3.63) is 30.2 Å². The Bertz CT molecular complexity index is 616. The molecule has 0 fully saturated rings.